The molecule has 3 rings (SSSR count). The predicted octanol–water partition coefficient (Wildman–Crippen LogP) is 4.97. The van der Waals surface area contributed by atoms with Crippen LogP contribution in [0.4, 0.5) is 5.69 Å². The zero-order valence-corrected chi connectivity index (χ0v) is 18.1. The van der Waals surface area contributed by atoms with Gasteiger partial charge in [0.05, 0.1) is 17.7 Å². The minimum atomic E-state index is -0.0337. The number of amides is 1. The maximum atomic E-state index is 13.0. The van der Waals surface area contributed by atoms with Crippen LogP contribution >= 0.6 is 11.8 Å². The van der Waals surface area contributed by atoms with E-state index in [9.17, 15) is 4.79 Å². The van der Waals surface area contributed by atoms with Crippen LogP contribution in [0.2, 0.25) is 0 Å². The molecule has 154 valence electrons. The molecule has 0 spiro atoms. The number of hydrogen-bond acceptors (Lipinski definition) is 5. The molecule has 6 heteroatoms. The van der Waals surface area contributed by atoms with Crippen molar-refractivity contribution >= 4 is 34.6 Å². The van der Waals surface area contributed by atoms with E-state index in [0.717, 1.165) is 17.0 Å². The molecule has 1 heterocycles. The summed E-state index contributed by atoms with van der Waals surface area (Å²) in [5, 5.41) is 0.680. The SMILES string of the molecule is C#CCOc1ccc(/C=C2/SC(=Nc3ccc(OC)cc3)N(CC(C)C)C2=O)cc1. The zero-order chi connectivity index (χ0) is 21.5. The van der Waals surface area contributed by atoms with Gasteiger partial charge in [-0.05, 0) is 65.7 Å². The Morgan fingerprint density at radius 1 is 1.13 bits per heavy atom. The highest BCUT2D eigenvalue weighted by atomic mass is 32.2. The second-order valence-corrected chi connectivity index (χ2v) is 8.08. The summed E-state index contributed by atoms with van der Waals surface area (Å²) < 4.78 is 10.6. The molecule has 1 amide bonds. The van der Waals surface area contributed by atoms with Gasteiger partial charge in [-0.15, -0.1) is 6.42 Å². The maximum Gasteiger partial charge on any atom is 0.266 e. The van der Waals surface area contributed by atoms with E-state index in [0.29, 0.717) is 28.3 Å². The van der Waals surface area contributed by atoms with Crippen LogP contribution in [0.1, 0.15) is 19.4 Å². The third-order valence-corrected chi connectivity index (χ3v) is 5.24. The Balaban J connectivity index is 1.85. The van der Waals surface area contributed by atoms with E-state index in [1.165, 1.54) is 11.8 Å². The van der Waals surface area contributed by atoms with Crippen LogP contribution in [0.3, 0.4) is 0 Å². The largest absolute Gasteiger partial charge is 0.497 e. The van der Waals surface area contributed by atoms with Gasteiger partial charge < -0.3 is 9.47 Å². The van der Waals surface area contributed by atoms with Crippen molar-refractivity contribution in [3.63, 3.8) is 0 Å². The summed E-state index contributed by atoms with van der Waals surface area (Å²) in [5.41, 5.74) is 1.69. The van der Waals surface area contributed by atoms with Gasteiger partial charge in [0.2, 0.25) is 0 Å². The Labute approximate surface area is 181 Å². The Kier molecular flexibility index (Phi) is 7.21. The number of rotatable bonds is 7. The lowest BCUT2D eigenvalue weighted by molar-refractivity contribution is -0.122. The molecule has 30 heavy (non-hydrogen) atoms. The molecule has 1 aliphatic rings. The molecule has 0 radical (unpaired) electrons. The van der Waals surface area contributed by atoms with Crippen LogP contribution in [0.15, 0.2) is 58.4 Å². The molecule has 2 aromatic rings. The van der Waals surface area contributed by atoms with Gasteiger partial charge in [-0.3, -0.25) is 9.69 Å². The van der Waals surface area contributed by atoms with Crippen LogP contribution in [0.5, 0.6) is 11.5 Å². The van der Waals surface area contributed by atoms with E-state index >= 15 is 0 Å². The summed E-state index contributed by atoms with van der Waals surface area (Å²) in [7, 11) is 1.63. The molecule has 0 N–H and O–H groups in total. The first kappa shape index (κ1) is 21.5. The first-order valence-electron chi connectivity index (χ1n) is 9.60. The van der Waals surface area contributed by atoms with Gasteiger partial charge in [0, 0.05) is 6.54 Å². The molecule has 0 unspecified atom stereocenters. The van der Waals surface area contributed by atoms with Crippen LogP contribution in [0.25, 0.3) is 6.08 Å². The van der Waals surface area contributed by atoms with E-state index in [1.807, 2.05) is 54.6 Å². The molecule has 0 atom stereocenters. The second kappa shape index (κ2) is 10.0. The number of carbonyl (C=O) groups is 1. The lowest BCUT2D eigenvalue weighted by Gasteiger charge is -2.17. The molecular weight excluding hydrogens is 396 g/mol. The highest BCUT2D eigenvalue weighted by Crippen LogP contribution is 2.35. The zero-order valence-electron chi connectivity index (χ0n) is 17.3. The lowest BCUT2D eigenvalue weighted by atomic mass is 10.2. The number of ether oxygens (including phenoxy) is 2. The minimum Gasteiger partial charge on any atom is -0.497 e. The summed E-state index contributed by atoms with van der Waals surface area (Å²) in [4.78, 5) is 20.1. The molecule has 0 saturated carbocycles. The third-order valence-electron chi connectivity index (χ3n) is 4.23. The number of methoxy groups -OCH3 is 1. The average Bonchev–Trinajstić information content (AvgIpc) is 3.02. The topological polar surface area (TPSA) is 51.1 Å². The number of hydrogen-bond donors (Lipinski definition) is 0. The standard InChI is InChI=1S/C24H24N2O3S/c1-5-14-29-21-10-6-18(7-11-21)15-22-23(27)26(16-17(2)3)24(30-22)25-19-8-12-20(28-4)13-9-19/h1,6-13,15,17H,14,16H2,2-4H3/b22-15+,25-24?. The first-order chi connectivity index (χ1) is 14.5. The number of amidine groups is 1. The van der Waals surface area contributed by atoms with Crippen LogP contribution < -0.4 is 9.47 Å². The number of nitrogens with zero attached hydrogens (tertiary/aromatic N) is 2. The number of carbonyl (C=O) groups excluding carboxylic acids is 1. The van der Waals surface area contributed by atoms with Crippen molar-refractivity contribution in [1.82, 2.24) is 4.90 Å². The van der Waals surface area contributed by atoms with Crippen molar-refractivity contribution in [2.24, 2.45) is 10.9 Å². The molecular formula is C24H24N2O3S. The van der Waals surface area contributed by atoms with Crippen LogP contribution in [-0.2, 0) is 4.79 Å². The fraction of sp³-hybridized carbons (Fsp3) is 0.250. The molecule has 1 saturated heterocycles. The monoisotopic (exact) mass is 420 g/mol. The molecule has 0 aliphatic carbocycles. The van der Waals surface area contributed by atoms with E-state index in [1.54, 1.807) is 12.0 Å². The molecule has 5 nitrogen and oxygen atoms in total. The number of thioether (sulfide) groups is 1. The van der Waals surface area contributed by atoms with E-state index in [2.05, 4.69) is 19.8 Å². The summed E-state index contributed by atoms with van der Waals surface area (Å²) >= 11 is 1.39. The maximum absolute atomic E-state index is 13.0. The Bertz CT molecular complexity index is 987. The van der Waals surface area contributed by atoms with Gasteiger partial charge >= 0.3 is 0 Å². The predicted molar refractivity (Wildman–Crippen MR) is 123 cm³/mol. The second-order valence-electron chi connectivity index (χ2n) is 7.07. The van der Waals surface area contributed by atoms with Crippen molar-refractivity contribution in [1.29, 1.82) is 0 Å². The average molecular weight is 421 g/mol. The van der Waals surface area contributed by atoms with Gasteiger partial charge in [0.15, 0.2) is 5.17 Å². The lowest BCUT2D eigenvalue weighted by Crippen LogP contribution is -2.32. The van der Waals surface area contributed by atoms with Crippen molar-refractivity contribution in [2.45, 2.75) is 13.8 Å². The van der Waals surface area contributed by atoms with Gasteiger partial charge in [0.1, 0.15) is 18.1 Å². The molecule has 1 aliphatic heterocycles. The van der Waals surface area contributed by atoms with E-state index in [-0.39, 0.29) is 12.5 Å². The summed E-state index contributed by atoms with van der Waals surface area (Å²) in [6.07, 6.45) is 7.09. The van der Waals surface area contributed by atoms with Crippen LogP contribution in [0, 0.1) is 18.3 Å². The summed E-state index contributed by atoms with van der Waals surface area (Å²) in [5.74, 6) is 4.19. The Morgan fingerprint density at radius 2 is 1.80 bits per heavy atom. The quantitative estimate of drug-likeness (QED) is 0.469. The Hall–Kier alpha value is -3.17. The number of benzene rings is 2. The summed E-state index contributed by atoms with van der Waals surface area (Å²) in [6, 6.07) is 14.9. The van der Waals surface area contributed by atoms with Crippen molar-refractivity contribution in [3.8, 4) is 23.8 Å². The highest BCUT2D eigenvalue weighted by Gasteiger charge is 2.33. The van der Waals surface area contributed by atoms with Crippen molar-refractivity contribution in [3.05, 3.63) is 59.0 Å². The number of terminal acetylenes is 1. The fourth-order valence-electron chi connectivity index (χ4n) is 2.82. The van der Waals surface area contributed by atoms with Crippen LogP contribution in [-0.4, -0.2) is 36.2 Å². The number of aliphatic imine (C=N–C) groups is 1. The highest BCUT2D eigenvalue weighted by molar-refractivity contribution is 8.18. The molecule has 1 fully saturated rings. The third kappa shape index (κ3) is 5.46. The normalized spacial score (nSPS) is 16.4. The molecule has 0 aromatic heterocycles. The fourth-order valence-corrected chi connectivity index (χ4v) is 3.83. The first-order valence-corrected chi connectivity index (χ1v) is 10.4. The van der Waals surface area contributed by atoms with Crippen molar-refractivity contribution < 1.29 is 14.3 Å². The smallest absolute Gasteiger partial charge is 0.266 e. The molecule has 0 bridgehead atoms. The van der Waals surface area contributed by atoms with E-state index in [4.69, 9.17) is 20.9 Å². The van der Waals surface area contributed by atoms with Gasteiger partial charge in [-0.2, -0.15) is 0 Å². The van der Waals surface area contributed by atoms with E-state index < -0.39 is 0 Å². The van der Waals surface area contributed by atoms with Gasteiger partial charge in [-0.25, -0.2) is 4.99 Å². The van der Waals surface area contributed by atoms with Gasteiger partial charge in [0.25, 0.3) is 5.91 Å². The molecule has 2 aromatic carbocycles. The van der Waals surface area contributed by atoms with Crippen molar-refractivity contribution in [2.75, 3.05) is 20.3 Å². The Morgan fingerprint density at radius 3 is 2.40 bits per heavy atom. The summed E-state index contributed by atoms with van der Waals surface area (Å²) in [6.45, 7) is 5.00. The van der Waals surface area contributed by atoms with Gasteiger partial charge in [-0.1, -0.05) is 31.9 Å². The minimum absolute atomic E-state index is 0.0337.